The second-order valence-corrected chi connectivity index (χ2v) is 13.2. The van der Waals surface area contributed by atoms with Crippen LogP contribution in [0.5, 0.6) is 0 Å². The lowest BCUT2D eigenvalue weighted by Crippen LogP contribution is -2.62. The van der Waals surface area contributed by atoms with Crippen molar-refractivity contribution in [2.24, 2.45) is 23.0 Å². The van der Waals surface area contributed by atoms with Gasteiger partial charge in [0.25, 0.3) is 0 Å². The number of rotatable bonds is 22. The van der Waals surface area contributed by atoms with E-state index in [0.717, 1.165) is 0 Å². The van der Waals surface area contributed by atoms with Crippen LogP contribution in [0.4, 0.5) is 0 Å². The van der Waals surface area contributed by atoms with E-state index in [1.165, 1.54) is 13.8 Å². The van der Waals surface area contributed by atoms with Crippen molar-refractivity contribution in [2.45, 2.75) is 110 Å². The third kappa shape index (κ3) is 13.4. The number of hydrogen-bond donors (Lipinski definition) is 10. The first-order valence-corrected chi connectivity index (χ1v) is 16.3. The maximum absolute atomic E-state index is 13.2. The van der Waals surface area contributed by atoms with Gasteiger partial charge in [0.2, 0.25) is 35.4 Å². The Kier molecular flexibility index (Phi) is 17.6. The van der Waals surface area contributed by atoms with Crippen LogP contribution in [0.25, 0.3) is 0 Å². The molecule has 274 valence electrons. The van der Waals surface area contributed by atoms with E-state index in [1.807, 2.05) is 13.8 Å². The number of carbonyl (C=O) groups excluding carboxylic acids is 7. The van der Waals surface area contributed by atoms with Crippen molar-refractivity contribution >= 4 is 41.2 Å². The minimum absolute atomic E-state index is 0.120. The monoisotopic (exact) mass is 685 g/mol. The lowest BCUT2D eigenvalue weighted by Gasteiger charge is -2.28. The van der Waals surface area contributed by atoms with Gasteiger partial charge in [-0.15, -0.1) is 0 Å². The highest BCUT2D eigenvalue weighted by Crippen LogP contribution is 2.50. The number of ketones is 1. The van der Waals surface area contributed by atoms with Crippen molar-refractivity contribution < 1.29 is 48.9 Å². The van der Waals surface area contributed by atoms with Gasteiger partial charge in [0.1, 0.15) is 36.0 Å². The average molecular weight is 686 g/mol. The van der Waals surface area contributed by atoms with Gasteiger partial charge in [0.05, 0.1) is 25.9 Å². The quantitative estimate of drug-likeness (QED) is 0.0539. The summed E-state index contributed by atoms with van der Waals surface area (Å²) in [7, 11) is 0. The van der Waals surface area contributed by atoms with Crippen LogP contribution in [0.1, 0.15) is 73.6 Å². The predicted molar refractivity (Wildman–Crippen MR) is 173 cm³/mol. The van der Waals surface area contributed by atoms with E-state index >= 15 is 0 Å². The van der Waals surface area contributed by atoms with E-state index in [4.69, 9.17) is 5.73 Å². The number of hydrogen-bond acceptors (Lipinski definition) is 11. The first-order chi connectivity index (χ1) is 22.4. The number of nitrogens with one attached hydrogen (secondary N) is 6. The van der Waals surface area contributed by atoms with Gasteiger partial charge in [0.15, 0.2) is 0 Å². The molecule has 0 radical (unpaired) electrons. The summed E-state index contributed by atoms with van der Waals surface area (Å²) in [6.45, 7) is 7.88. The normalized spacial score (nSPS) is 17.2. The number of aliphatic hydroxyl groups excluding tert-OH is 3. The number of nitrogens with two attached hydrogens (primary N) is 1. The molecule has 6 amide bonds. The smallest absolute Gasteiger partial charge is 0.245 e. The first-order valence-electron chi connectivity index (χ1n) is 16.3. The highest BCUT2D eigenvalue weighted by Gasteiger charge is 2.51. The fourth-order valence-electron chi connectivity index (χ4n) is 5.05. The van der Waals surface area contributed by atoms with E-state index < -0.39 is 90.4 Å². The number of Topliss-reactive ketones (excluding diaryl/α,β-unsaturated/α-hetero) is 1. The summed E-state index contributed by atoms with van der Waals surface area (Å²) in [6, 6.07) is -6.96. The van der Waals surface area contributed by atoms with Gasteiger partial charge in [-0.2, -0.15) is 0 Å². The highest BCUT2D eigenvalue weighted by atomic mass is 16.3. The largest absolute Gasteiger partial charge is 0.394 e. The van der Waals surface area contributed by atoms with Gasteiger partial charge < -0.3 is 53.0 Å². The van der Waals surface area contributed by atoms with Gasteiger partial charge in [-0.25, -0.2) is 0 Å². The minimum Gasteiger partial charge on any atom is -0.394 e. The Morgan fingerprint density at radius 3 is 1.62 bits per heavy atom. The molecule has 17 heteroatoms. The van der Waals surface area contributed by atoms with Crippen molar-refractivity contribution in [2.75, 3.05) is 26.3 Å². The molecular formula is C31H55N7O10. The molecule has 6 atom stereocenters. The molecule has 0 heterocycles. The lowest BCUT2D eigenvalue weighted by atomic mass is 9.93. The molecule has 0 bridgehead atoms. The Bertz CT molecular complexity index is 1140. The fourth-order valence-corrected chi connectivity index (χ4v) is 5.05. The molecule has 0 aromatic rings. The van der Waals surface area contributed by atoms with Crippen molar-refractivity contribution in [1.82, 2.24) is 31.9 Å². The molecule has 0 unspecified atom stereocenters. The zero-order valence-electron chi connectivity index (χ0n) is 28.8. The van der Waals surface area contributed by atoms with E-state index in [0.29, 0.717) is 25.7 Å². The van der Waals surface area contributed by atoms with Gasteiger partial charge in [-0.1, -0.05) is 27.7 Å². The molecule has 0 saturated heterocycles. The van der Waals surface area contributed by atoms with Crippen LogP contribution in [0, 0.1) is 17.3 Å². The summed E-state index contributed by atoms with van der Waals surface area (Å²) in [5.41, 5.74) is 4.90. The van der Waals surface area contributed by atoms with Crippen molar-refractivity contribution in [3.8, 4) is 0 Å². The van der Waals surface area contributed by atoms with E-state index in [-0.39, 0.29) is 37.1 Å². The topological polar surface area (TPSA) is 278 Å². The Balaban J connectivity index is 2.96. The third-order valence-corrected chi connectivity index (χ3v) is 7.91. The van der Waals surface area contributed by atoms with Crippen LogP contribution in [0.3, 0.4) is 0 Å². The van der Waals surface area contributed by atoms with Gasteiger partial charge in [0, 0.05) is 5.41 Å². The van der Waals surface area contributed by atoms with Gasteiger partial charge in [-0.3, -0.25) is 33.6 Å². The lowest BCUT2D eigenvalue weighted by molar-refractivity contribution is -0.138. The molecule has 1 saturated carbocycles. The Hall–Kier alpha value is -3.67. The fraction of sp³-hybridized carbons (Fsp3) is 0.774. The summed E-state index contributed by atoms with van der Waals surface area (Å²) in [4.78, 5) is 89.1. The zero-order chi connectivity index (χ0) is 36.8. The Labute approximate surface area is 281 Å². The van der Waals surface area contributed by atoms with Crippen LogP contribution >= 0.6 is 0 Å². The second-order valence-electron chi connectivity index (χ2n) is 13.2. The highest BCUT2D eigenvalue weighted by molar-refractivity contribution is 5.97. The van der Waals surface area contributed by atoms with E-state index in [2.05, 4.69) is 31.9 Å². The summed E-state index contributed by atoms with van der Waals surface area (Å²) < 4.78 is 0. The minimum atomic E-state index is -1.58. The zero-order valence-corrected chi connectivity index (χ0v) is 28.8. The molecule has 1 fully saturated rings. The van der Waals surface area contributed by atoms with Crippen LogP contribution in [-0.2, 0) is 33.6 Å². The molecule has 1 rings (SSSR count). The molecule has 17 nitrogen and oxygen atoms in total. The predicted octanol–water partition coefficient (Wildman–Crippen LogP) is -3.30. The van der Waals surface area contributed by atoms with Crippen molar-refractivity contribution in [3.63, 3.8) is 0 Å². The average Bonchev–Trinajstić information content (AvgIpc) is 3.79. The van der Waals surface area contributed by atoms with Crippen molar-refractivity contribution in [3.05, 3.63) is 0 Å². The van der Waals surface area contributed by atoms with Gasteiger partial charge in [-0.05, 0) is 64.3 Å². The molecule has 0 aromatic carbocycles. The maximum atomic E-state index is 13.2. The summed E-state index contributed by atoms with van der Waals surface area (Å²) in [5, 5.41) is 44.5. The molecule has 0 aliphatic heterocycles. The van der Waals surface area contributed by atoms with Crippen LogP contribution in [0.15, 0.2) is 0 Å². The molecular weight excluding hydrogens is 630 g/mol. The summed E-state index contributed by atoms with van der Waals surface area (Å²) in [5.74, 6) is -5.39. The number of amides is 6. The summed E-state index contributed by atoms with van der Waals surface area (Å²) in [6.07, 6.45) is 1.04. The Morgan fingerprint density at radius 2 is 1.21 bits per heavy atom. The molecule has 0 spiro atoms. The van der Waals surface area contributed by atoms with Crippen molar-refractivity contribution in [1.29, 1.82) is 0 Å². The molecule has 1 aliphatic rings. The van der Waals surface area contributed by atoms with E-state index in [9.17, 15) is 48.9 Å². The summed E-state index contributed by atoms with van der Waals surface area (Å²) >= 11 is 0. The molecule has 48 heavy (non-hydrogen) atoms. The molecule has 0 aromatic heterocycles. The molecule has 11 N–H and O–H groups in total. The number of aliphatic hydroxyl groups is 3. The van der Waals surface area contributed by atoms with Crippen LogP contribution in [-0.4, -0.2) is 119 Å². The number of carbonyl (C=O) groups is 7. The molecule has 1 aliphatic carbocycles. The standard InChI is InChI=1S/C31H55N7O10/c1-16(2)12-31(9-10-31)30(48)38-24(19(6)42)29(47)36-22(15-40)27(45)37-23(17(3)4)28(46)35-21(14-39)26(44)34-20(8-7-11-32)25(43)33-13-18(5)41/h16-17,19-24,39-40,42H,7-15,32H2,1-6H3,(H,33,43)(H,34,44)(H,35,46)(H,36,47)(H,37,45)(H,38,48)/t19-,20+,21+,22+,23+,24+/m1/s1. The third-order valence-electron chi connectivity index (χ3n) is 7.91. The first kappa shape index (κ1) is 42.4. The van der Waals surface area contributed by atoms with Crippen LogP contribution in [0.2, 0.25) is 0 Å². The SMILES string of the molecule is CC(=O)CNC(=O)[C@H](CCCN)NC(=O)[C@H](CO)NC(=O)[C@@H](NC(=O)[C@H](CO)NC(=O)[C@@H](NC(=O)C1(CC(C)C)CC1)[C@@H](C)O)C(C)C. The van der Waals surface area contributed by atoms with E-state index in [1.54, 1.807) is 13.8 Å². The van der Waals surface area contributed by atoms with Gasteiger partial charge >= 0.3 is 0 Å². The van der Waals surface area contributed by atoms with Crippen LogP contribution < -0.4 is 37.6 Å². The maximum Gasteiger partial charge on any atom is 0.245 e. The second kappa shape index (κ2) is 20.0. The Morgan fingerprint density at radius 1 is 0.708 bits per heavy atom.